The molecule has 5 heteroatoms. The number of aromatic nitrogens is 1. The van der Waals surface area contributed by atoms with Crippen LogP contribution in [0.4, 0.5) is 0 Å². The summed E-state index contributed by atoms with van der Waals surface area (Å²) in [6.45, 7) is 4.42. The molecule has 2 aromatic rings. The van der Waals surface area contributed by atoms with Gasteiger partial charge in [0.05, 0.1) is 0 Å². The average Bonchev–Trinajstić information content (AvgIpc) is 2.64. The molecule has 2 rings (SSSR count). The Bertz CT molecular complexity index is 659. The zero-order chi connectivity index (χ0) is 17.4. The van der Waals surface area contributed by atoms with Gasteiger partial charge < -0.3 is 10.2 Å². The molecule has 1 atom stereocenters. The van der Waals surface area contributed by atoms with Crippen LogP contribution in [0.15, 0.2) is 54.9 Å². The highest BCUT2D eigenvalue weighted by Crippen LogP contribution is 2.11. The molecule has 2 amide bonds. The van der Waals surface area contributed by atoms with E-state index in [0.29, 0.717) is 19.5 Å². The number of rotatable bonds is 7. The van der Waals surface area contributed by atoms with Gasteiger partial charge in [-0.05, 0) is 30.2 Å². The topological polar surface area (TPSA) is 62.3 Å². The van der Waals surface area contributed by atoms with Gasteiger partial charge in [-0.15, -0.1) is 0 Å². The smallest absolute Gasteiger partial charge is 0.242 e. The van der Waals surface area contributed by atoms with E-state index >= 15 is 0 Å². The number of carbonyl (C=O) groups is 2. The summed E-state index contributed by atoms with van der Waals surface area (Å²) < 4.78 is 0. The van der Waals surface area contributed by atoms with Crippen molar-refractivity contribution in [2.45, 2.75) is 39.4 Å². The maximum Gasteiger partial charge on any atom is 0.242 e. The Balaban J connectivity index is 2.02. The fourth-order valence-electron chi connectivity index (χ4n) is 2.40. The van der Waals surface area contributed by atoms with Crippen molar-refractivity contribution in [3.8, 4) is 0 Å². The lowest BCUT2D eigenvalue weighted by atomic mass is 10.1. The number of carbonyl (C=O) groups excluding carboxylic acids is 2. The van der Waals surface area contributed by atoms with Crippen LogP contribution in [0, 0.1) is 0 Å². The summed E-state index contributed by atoms with van der Waals surface area (Å²) in [7, 11) is 0. The molecule has 1 aromatic heterocycles. The molecular formula is C19H23N3O2. The van der Waals surface area contributed by atoms with Crippen LogP contribution in [-0.2, 0) is 22.7 Å². The average molecular weight is 325 g/mol. The first-order valence-corrected chi connectivity index (χ1v) is 8.11. The zero-order valence-corrected chi connectivity index (χ0v) is 14.1. The minimum Gasteiger partial charge on any atom is -0.350 e. The zero-order valence-electron chi connectivity index (χ0n) is 14.1. The lowest BCUT2D eigenvalue weighted by Gasteiger charge is -2.28. The minimum atomic E-state index is -0.528. The van der Waals surface area contributed by atoms with Gasteiger partial charge in [-0.2, -0.15) is 0 Å². The van der Waals surface area contributed by atoms with Crippen molar-refractivity contribution in [1.82, 2.24) is 15.2 Å². The number of nitrogens with one attached hydrogen (secondary N) is 1. The molecule has 0 spiro atoms. The van der Waals surface area contributed by atoms with E-state index in [-0.39, 0.29) is 11.8 Å². The fraction of sp³-hybridized carbons (Fsp3) is 0.316. The largest absolute Gasteiger partial charge is 0.350 e. The third-order valence-electron chi connectivity index (χ3n) is 3.88. The summed E-state index contributed by atoms with van der Waals surface area (Å²) in [4.78, 5) is 30.3. The molecule has 0 bridgehead atoms. The lowest BCUT2D eigenvalue weighted by Crippen LogP contribution is -2.47. The van der Waals surface area contributed by atoms with Crippen molar-refractivity contribution < 1.29 is 9.59 Å². The number of hydrogen-bond acceptors (Lipinski definition) is 3. The molecule has 1 N–H and O–H groups in total. The normalized spacial score (nSPS) is 11.6. The highest BCUT2D eigenvalue weighted by molar-refractivity contribution is 5.87. The Kier molecular flexibility index (Phi) is 6.49. The second-order valence-electron chi connectivity index (χ2n) is 5.61. The highest BCUT2D eigenvalue weighted by Gasteiger charge is 2.24. The quantitative estimate of drug-likeness (QED) is 0.851. The number of amides is 2. The lowest BCUT2D eigenvalue weighted by molar-refractivity contribution is -0.140. The molecule has 0 aliphatic rings. The third kappa shape index (κ3) is 4.91. The summed E-state index contributed by atoms with van der Waals surface area (Å²) in [5.41, 5.74) is 1.98. The van der Waals surface area contributed by atoms with Crippen LogP contribution in [0.3, 0.4) is 0 Å². The Hall–Kier alpha value is -2.69. The summed E-state index contributed by atoms with van der Waals surface area (Å²) in [6, 6.07) is 12.9. The van der Waals surface area contributed by atoms with Gasteiger partial charge in [0.1, 0.15) is 6.04 Å². The molecule has 0 saturated carbocycles. The van der Waals surface area contributed by atoms with Crippen LogP contribution in [0.5, 0.6) is 0 Å². The molecule has 0 unspecified atom stereocenters. The van der Waals surface area contributed by atoms with E-state index in [4.69, 9.17) is 0 Å². The Morgan fingerprint density at radius 2 is 1.75 bits per heavy atom. The Labute approximate surface area is 142 Å². The number of pyridine rings is 1. The number of hydrogen-bond donors (Lipinski definition) is 1. The molecule has 1 aromatic carbocycles. The summed E-state index contributed by atoms with van der Waals surface area (Å²) >= 11 is 0. The second-order valence-corrected chi connectivity index (χ2v) is 5.61. The SMILES string of the molecule is CCC(=O)N(Cc1ccccc1)[C@@H](C)C(=O)NCc1ccncc1. The van der Waals surface area contributed by atoms with Crippen molar-refractivity contribution >= 4 is 11.8 Å². The molecule has 5 nitrogen and oxygen atoms in total. The molecule has 1 heterocycles. The molecule has 0 aliphatic heterocycles. The summed E-state index contributed by atoms with van der Waals surface area (Å²) in [5.74, 6) is -0.199. The van der Waals surface area contributed by atoms with E-state index in [9.17, 15) is 9.59 Å². The van der Waals surface area contributed by atoms with Gasteiger partial charge in [0.2, 0.25) is 11.8 Å². The van der Waals surface area contributed by atoms with Crippen LogP contribution < -0.4 is 5.32 Å². The molecule has 0 aliphatic carbocycles. The van der Waals surface area contributed by atoms with Crippen molar-refractivity contribution in [3.05, 3.63) is 66.0 Å². The number of nitrogens with zero attached hydrogens (tertiary/aromatic N) is 2. The summed E-state index contributed by atoms with van der Waals surface area (Å²) in [5, 5.41) is 2.88. The van der Waals surface area contributed by atoms with E-state index in [0.717, 1.165) is 11.1 Å². The fourth-order valence-corrected chi connectivity index (χ4v) is 2.40. The first-order chi connectivity index (χ1) is 11.6. The molecular weight excluding hydrogens is 302 g/mol. The van der Waals surface area contributed by atoms with Crippen LogP contribution in [-0.4, -0.2) is 27.7 Å². The monoisotopic (exact) mass is 325 g/mol. The van der Waals surface area contributed by atoms with E-state index < -0.39 is 6.04 Å². The van der Waals surface area contributed by atoms with Crippen LogP contribution in [0.2, 0.25) is 0 Å². The predicted molar refractivity (Wildman–Crippen MR) is 92.8 cm³/mol. The van der Waals surface area contributed by atoms with Gasteiger partial charge in [-0.25, -0.2) is 0 Å². The Morgan fingerprint density at radius 1 is 1.08 bits per heavy atom. The highest BCUT2D eigenvalue weighted by atomic mass is 16.2. The summed E-state index contributed by atoms with van der Waals surface area (Å²) in [6.07, 6.45) is 3.75. The van der Waals surface area contributed by atoms with Crippen molar-refractivity contribution in [2.75, 3.05) is 0 Å². The standard InChI is InChI=1S/C19H23N3O2/c1-3-18(23)22(14-17-7-5-4-6-8-17)15(2)19(24)21-13-16-9-11-20-12-10-16/h4-12,15H,3,13-14H2,1-2H3,(H,21,24)/t15-/m0/s1. The maximum absolute atomic E-state index is 12.4. The molecule has 0 fully saturated rings. The van der Waals surface area contributed by atoms with Gasteiger partial charge in [0, 0.05) is 31.9 Å². The van der Waals surface area contributed by atoms with Crippen molar-refractivity contribution in [2.24, 2.45) is 0 Å². The van der Waals surface area contributed by atoms with Crippen molar-refractivity contribution in [1.29, 1.82) is 0 Å². The van der Waals surface area contributed by atoms with E-state index in [1.807, 2.05) is 49.4 Å². The molecule has 24 heavy (non-hydrogen) atoms. The number of benzene rings is 1. The van der Waals surface area contributed by atoms with Crippen LogP contribution in [0.1, 0.15) is 31.4 Å². The van der Waals surface area contributed by atoms with Crippen LogP contribution >= 0.6 is 0 Å². The van der Waals surface area contributed by atoms with Crippen LogP contribution in [0.25, 0.3) is 0 Å². The van der Waals surface area contributed by atoms with E-state index in [2.05, 4.69) is 10.3 Å². The van der Waals surface area contributed by atoms with Crippen molar-refractivity contribution in [3.63, 3.8) is 0 Å². The van der Waals surface area contributed by atoms with Gasteiger partial charge in [0.25, 0.3) is 0 Å². The molecule has 126 valence electrons. The van der Waals surface area contributed by atoms with Gasteiger partial charge in [0.15, 0.2) is 0 Å². The second kappa shape index (κ2) is 8.82. The maximum atomic E-state index is 12.4. The first-order valence-electron chi connectivity index (χ1n) is 8.11. The third-order valence-corrected chi connectivity index (χ3v) is 3.88. The predicted octanol–water partition coefficient (Wildman–Crippen LogP) is 2.53. The van der Waals surface area contributed by atoms with E-state index in [1.165, 1.54) is 0 Å². The van der Waals surface area contributed by atoms with Gasteiger partial charge in [-0.1, -0.05) is 37.3 Å². The molecule has 0 radical (unpaired) electrons. The minimum absolute atomic E-state index is 0.0367. The first kappa shape index (κ1) is 17.7. The van der Waals surface area contributed by atoms with E-state index in [1.54, 1.807) is 24.2 Å². The van der Waals surface area contributed by atoms with Gasteiger partial charge in [-0.3, -0.25) is 14.6 Å². The molecule has 0 saturated heterocycles. The van der Waals surface area contributed by atoms with Gasteiger partial charge >= 0.3 is 0 Å². The Morgan fingerprint density at radius 3 is 2.38 bits per heavy atom.